The minimum Gasteiger partial charge on any atom is -0.477 e. The van der Waals surface area contributed by atoms with Gasteiger partial charge in [-0.25, -0.2) is 13.6 Å². The predicted octanol–water partition coefficient (Wildman–Crippen LogP) is 4.44. The van der Waals surface area contributed by atoms with Crippen molar-refractivity contribution in [2.75, 3.05) is 67.2 Å². The van der Waals surface area contributed by atoms with E-state index in [2.05, 4.69) is 15.9 Å². The summed E-state index contributed by atoms with van der Waals surface area (Å²) in [6, 6.07) is 16.3. The van der Waals surface area contributed by atoms with Crippen LogP contribution in [-0.4, -0.2) is 68.1 Å². The van der Waals surface area contributed by atoms with Crippen molar-refractivity contribution in [1.29, 1.82) is 0 Å². The molecule has 2 saturated heterocycles. The van der Waals surface area contributed by atoms with Gasteiger partial charge >= 0.3 is 5.97 Å². The van der Waals surface area contributed by atoms with E-state index in [-0.39, 0.29) is 16.6 Å². The zero-order valence-electron chi connectivity index (χ0n) is 22.6. The van der Waals surface area contributed by atoms with Crippen LogP contribution < -0.4 is 20.1 Å². The van der Waals surface area contributed by atoms with Gasteiger partial charge in [-0.1, -0.05) is 12.1 Å². The number of carboxylic acids is 1. The van der Waals surface area contributed by atoms with Crippen LogP contribution in [-0.2, 0) is 4.74 Å². The number of piperazine rings is 1. The van der Waals surface area contributed by atoms with Crippen LogP contribution in [0.3, 0.4) is 0 Å². The van der Waals surface area contributed by atoms with E-state index in [4.69, 9.17) is 4.74 Å². The van der Waals surface area contributed by atoms with Crippen LogP contribution in [0.4, 0.5) is 25.8 Å². The number of aromatic nitrogens is 1. The molecule has 3 aromatic carbocycles. The molecule has 8 nitrogen and oxygen atoms in total. The maximum absolute atomic E-state index is 16.4. The molecule has 0 aliphatic carbocycles. The number of hydrogen-bond acceptors (Lipinski definition) is 6. The van der Waals surface area contributed by atoms with Crippen molar-refractivity contribution in [3.05, 3.63) is 93.8 Å². The molecule has 0 spiro atoms. The number of hydrogen-bond donors (Lipinski definition) is 1. The standard InChI is InChI=1S/C31H30F2N4O4/c1-20-3-2-4-23(17-20)34-9-11-36(12-10-34)29-26(32)18-24-28(27(29)33)37(19-25(30(24)38)31(39)40)22-7-5-21(6-8-22)35-13-15-41-16-14-35/h2-8,17-19H,9-16H2,1H3,(H,39,40). The van der Waals surface area contributed by atoms with Gasteiger partial charge in [0.1, 0.15) is 17.1 Å². The summed E-state index contributed by atoms with van der Waals surface area (Å²) >= 11 is 0. The largest absolute Gasteiger partial charge is 0.477 e. The monoisotopic (exact) mass is 560 g/mol. The van der Waals surface area contributed by atoms with Crippen molar-refractivity contribution < 1.29 is 23.4 Å². The first-order chi connectivity index (χ1) is 19.8. The zero-order chi connectivity index (χ0) is 28.7. The summed E-state index contributed by atoms with van der Waals surface area (Å²) in [5, 5.41) is 9.39. The van der Waals surface area contributed by atoms with Gasteiger partial charge in [0.05, 0.1) is 24.1 Å². The molecule has 2 fully saturated rings. The third-order valence-corrected chi connectivity index (χ3v) is 7.85. The van der Waals surface area contributed by atoms with Crippen LogP contribution in [0.15, 0.2) is 65.6 Å². The number of aryl methyl sites for hydroxylation is 1. The number of ether oxygens (including phenoxy) is 1. The molecular formula is C31H30F2N4O4. The number of carbonyl (C=O) groups is 1. The normalized spacial score (nSPS) is 15.9. The number of fused-ring (bicyclic) bond motifs is 1. The Balaban J connectivity index is 1.41. The summed E-state index contributed by atoms with van der Waals surface area (Å²) < 4.78 is 38.7. The molecule has 1 N–H and O–H groups in total. The van der Waals surface area contributed by atoms with E-state index in [1.165, 1.54) is 4.57 Å². The van der Waals surface area contributed by atoms with Crippen LogP contribution in [0, 0.1) is 18.6 Å². The number of anilines is 3. The first kappa shape index (κ1) is 26.8. The molecule has 0 amide bonds. The molecule has 41 heavy (non-hydrogen) atoms. The van der Waals surface area contributed by atoms with Crippen LogP contribution >= 0.6 is 0 Å². The molecule has 6 rings (SSSR count). The van der Waals surface area contributed by atoms with Gasteiger partial charge in [-0.3, -0.25) is 4.79 Å². The molecule has 0 saturated carbocycles. The topological polar surface area (TPSA) is 78.2 Å². The fourth-order valence-corrected chi connectivity index (χ4v) is 5.71. The van der Waals surface area contributed by atoms with Crippen LogP contribution in [0.5, 0.6) is 0 Å². The second-order valence-electron chi connectivity index (χ2n) is 10.4. The van der Waals surface area contributed by atoms with Gasteiger partial charge in [0.2, 0.25) is 5.43 Å². The lowest BCUT2D eigenvalue weighted by Crippen LogP contribution is -2.47. The molecule has 10 heteroatoms. The number of morpholine rings is 1. The highest BCUT2D eigenvalue weighted by molar-refractivity contribution is 5.94. The zero-order valence-corrected chi connectivity index (χ0v) is 22.6. The van der Waals surface area contributed by atoms with E-state index in [0.29, 0.717) is 45.1 Å². The van der Waals surface area contributed by atoms with Crippen molar-refractivity contribution in [1.82, 2.24) is 4.57 Å². The summed E-state index contributed by atoms with van der Waals surface area (Å²) in [5.74, 6) is -3.25. The Morgan fingerprint density at radius 1 is 0.829 bits per heavy atom. The van der Waals surface area contributed by atoms with Crippen LogP contribution in [0.2, 0.25) is 0 Å². The molecule has 2 aliphatic heterocycles. The second kappa shape index (κ2) is 10.9. The van der Waals surface area contributed by atoms with Crippen molar-refractivity contribution >= 4 is 33.9 Å². The van der Waals surface area contributed by atoms with Crippen molar-refractivity contribution in [2.45, 2.75) is 6.92 Å². The van der Waals surface area contributed by atoms with Gasteiger partial charge in [-0.05, 0) is 55.0 Å². The number of halogens is 2. The average molecular weight is 561 g/mol. The van der Waals surface area contributed by atoms with Crippen molar-refractivity contribution in [2.24, 2.45) is 0 Å². The fraction of sp³-hybridized carbons (Fsp3) is 0.290. The van der Waals surface area contributed by atoms with E-state index < -0.39 is 28.6 Å². The fourth-order valence-electron chi connectivity index (χ4n) is 5.71. The van der Waals surface area contributed by atoms with Gasteiger partial charge in [-0.2, -0.15) is 0 Å². The number of benzene rings is 3. The number of aromatic carboxylic acids is 1. The minimum absolute atomic E-state index is 0.156. The van der Waals surface area contributed by atoms with Crippen molar-refractivity contribution in [3.8, 4) is 5.69 Å². The third kappa shape index (κ3) is 4.99. The van der Waals surface area contributed by atoms with Gasteiger partial charge < -0.3 is 29.1 Å². The van der Waals surface area contributed by atoms with Gasteiger partial charge in [0, 0.05) is 62.5 Å². The summed E-state index contributed by atoms with van der Waals surface area (Å²) in [6.45, 7) is 6.60. The number of nitrogens with zero attached hydrogens (tertiary/aromatic N) is 4. The molecule has 212 valence electrons. The Hall–Kier alpha value is -4.44. The quantitative estimate of drug-likeness (QED) is 0.387. The first-order valence-electron chi connectivity index (χ1n) is 13.6. The summed E-state index contributed by atoms with van der Waals surface area (Å²) in [6.07, 6.45) is 1.12. The Bertz CT molecular complexity index is 1670. The van der Waals surface area contributed by atoms with E-state index in [1.54, 1.807) is 17.0 Å². The lowest BCUT2D eigenvalue weighted by atomic mass is 10.1. The highest BCUT2D eigenvalue weighted by atomic mass is 19.1. The lowest BCUT2D eigenvalue weighted by molar-refractivity contribution is 0.0695. The van der Waals surface area contributed by atoms with Crippen LogP contribution in [0.1, 0.15) is 15.9 Å². The van der Waals surface area contributed by atoms with E-state index in [1.807, 2.05) is 37.3 Å². The Morgan fingerprint density at radius 2 is 1.46 bits per heavy atom. The summed E-state index contributed by atoms with van der Waals surface area (Å²) in [4.78, 5) is 31.0. The van der Waals surface area contributed by atoms with Gasteiger partial charge in [0.15, 0.2) is 5.82 Å². The molecule has 2 aliphatic rings. The molecule has 3 heterocycles. The number of rotatable bonds is 5. The number of pyridine rings is 1. The lowest BCUT2D eigenvalue weighted by Gasteiger charge is -2.37. The summed E-state index contributed by atoms with van der Waals surface area (Å²) in [5.41, 5.74) is 1.72. The molecule has 0 bridgehead atoms. The van der Waals surface area contributed by atoms with Gasteiger partial charge in [-0.15, -0.1) is 0 Å². The molecule has 0 atom stereocenters. The van der Waals surface area contributed by atoms with E-state index in [0.717, 1.165) is 42.3 Å². The first-order valence-corrected chi connectivity index (χ1v) is 13.6. The van der Waals surface area contributed by atoms with E-state index in [9.17, 15) is 14.7 Å². The highest BCUT2D eigenvalue weighted by Crippen LogP contribution is 2.33. The number of carboxylic acid groups (broad SMARTS) is 1. The highest BCUT2D eigenvalue weighted by Gasteiger charge is 2.28. The maximum Gasteiger partial charge on any atom is 0.341 e. The van der Waals surface area contributed by atoms with Gasteiger partial charge in [0.25, 0.3) is 0 Å². The molecule has 0 unspecified atom stereocenters. The minimum atomic E-state index is -1.47. The molecule has 4 aromatic rings. The Labute approximate surface area is 235 Å². The summed E-state index contributed by atoms with van der Waals surface area (Å²) in [7, 11) is 0. The maximum atomic E-state index is 16.4. The third-order valence-electron chi connectivity index (χ3n) is 7.85. The molecule has 0 radical (unpaired) electrons. The van der Waals surface area contributed by atoms with Crippen molar-refractivity contribution in [3.63, 3.8) is 0 Å². The molecule has 1 aromatic heterocycles. The molecular weight excluding hydrogens is 530 g/mol. The predicted molar refractivity (Wildman–Crippen MR) is 155 cm³/mol. The van der Waals surface area contributed by atoms with Crippen LogP contribution in [0.25, 0.3) is 16.6 Å². The smallest absolute Gasteiger partial charge is 0.341 e. The SMILES string of the molecule is Cc1cccc(N2CCN(c3c(F)cc4c(=O)c(C(=O)O)cn(-c5ccc(N6CCOCC6)cc5)c4c3F)CC2)c1. The average Bonchev–Trinajstić information content (AvgIpc) is 2.98. The Kier molecular flexibility index (Phi) is 7.08. The van der Waals surface area contributed by atoms with E-state index >= 15 is 8.78 Å². The second-order valence-corrected chi connectivity index (χ2v) is 10.4. The Morgan fingerprint density at radius 3 is 2.12 bits per heavy atom.